The van der Waals surface area contributed by atoms with Crippen molar-refractivity contribution in [3.63, 3.8) is 0 Å². The molecule has 1 N–H and O–H groups in total. The third-order valence-electron chi connectivity index (χ3n) is 5.14. The average molecular weight is 375 g/mol. The second-order valence-electron chi connectivity index (χ2n) is 7.32. The van der Waals surface area contributed by atoms with E-state index in [4.69, 9.17) is 16.0 Å². The van der Waals surface area contributed by atoms with Gasteiger partial charge < -0.3 is 9.73 Å². The molecule has 2 aromatic rings. The minimum absolute atomic E-state index is 0.0165. The first kappa shape index (κ1) is 17.5. The van der Waals surface area contributed by atoms with E-state index in [9.17, 15) is 4.79 Å². The Bertz CT molecular complexity index is 795. The highest BCUT2D eigenvalue weighted by atomic mass is 35.5. The lowest BCUT2D eigenvalue weighted by Crippen LogP contribution is -2.38. The third-order valence-corrected chi connectivity index (χ3v) is 5.55. The van der Waals surface area contributed by atoms with Crippen LogP contribution in [0.25, 0.3) is 0 Å². The van der Waals surface area contributed by atoms with E-state index in [1.165, 1.54) is 12.8 Å². The zero-order valence-electron chi connectivity index (χ0n) is 14.9. The van der Waals surface area contributed by atoms with E-state index < -0.39 is 0 Å². The summed E-state index contributed by atoms with van der Waals surface area (Å²) >= 11 is 6.11. The van der Waals surface area contributed by atoms with E-state index >= 15 is 0 Å². The van der Waals surface area contributed by atoms with Crippen LogP contribution in [0.5, 0.6) is 0 Å². The zero-order chi connectivity index (χ0) is 18.1. The molecular formula is C19H23ClN4O2. The molecule has 0 atom stereocenters. The lowest BCUT2D eigenvalue weighted by Gasteiger charge is -2.29. The number of benzene rings is 1. The summed E-state index contributed by atoms with van der Waals surface area (Å²) in [5, 5.41) is 12.0. The molecule has 1 aliphatic carbocycles. The molecule has 2 aliphatic rings. The first-order valence-electron chi connectivity index (χ1n) is 9.20. The maximum Gasteiger partial charge on any atom is 0.238 e. The number of anilines is 1. The monoisotopic (exact) mass is 374 g/mol. The maximum absolute atomic E-state index is 12.3. The van der Waals surface area contributed by atoms with Gasteiger partial charge in [-0.1, -0.05) is 17.7 Å². The number of piperidine rings is 1. The lowest BCUT2D eigenvalue weighted by atomic mass is 9.97. The highest BCUT2D eigenvalue weighted by Crippen LogP contribution is 2.40. The van der Waals surface area contributed by atoms with Crippen molar-refractivity contribution >= 4 is 23.2 Å². The molecule has 0 spiro atoms. The van der Waals surface area contributed by atoms with Gasteiger partial charge in [0.1, 0.15) is 0 Å². The van der Waals surface area contributed by atoms with Gasteiger partial charge in [0.05, 0.1) is 6.54 Å². The van der Waals surface area contributed by atoms with E-state index in [1.54, 1.807) is 6.07 Å². The molecule has 6 nitrogen and oxygen atoms in total. The Morgan fingerprint density at radius 2 is 1.85 bits per heavy atom. The molecule has 1 amide bonds. The summed E-state index contributed by atoms with van der Waals surface area (Å²) in [6, 6.07) is 5.57. The van der Waals surface area contributed by atoms with Crippen LogP contribution in [0.1, 0.15) is 54.9 Å². The minimum Gasteiger partial charge on any atom is -0.425 e. The van der Waals surface area contributed by atoms with Gasteiger partial charge in [0, 0.05) is 22.5 Å². The van der Waals surface area contributed by atoms with E-state index in [1.807, 2.05) is 19.1 Å². The number of aromatic nitrogens is 2. The second kappa shape index (κ2) is 7.37. The fourth-order valence-electron chi connectivity index (χ4n) is 3.32. The van der Waals surface area contributed by atoms with Gasteiger partial charge in [0.15, 0.2) is 0 Å². The van der Waals surface area contributed by atoms with Gasteiger partial charge in [-0.2, -0.15) is 0 Å². The number of nitrogens with one attached hydrogen (secondary N) is 1. The topological polar surface area (TPSA) is 71.3 Å². The molecule has 0 radical (unpaired) electrons. The number of hydrogen-bond acceptors (Lipinski definition) is 5. The van der Waals surface area contributed by atoms with Crippen LogP contribution in [-0.4, -0.2) is 40.6 Å². The second-order valence-corrected chi connectivity index (χ2v) is 7.72. The molecule has 0 bridgehead atoms. The van der Waals surface area contributed by atoms with Gasteiger partial charge in [0.2, 0.25) is 17.7 Å². The predicted octanol–water partition coefficient (Wildman–Crippen LogP) is 3.73. The molecule has 138 valence electrons. The highest BCUT2D eigenvalue weighted by Gasteiger charge is 2.31. The first-order valence-corrected chi connectivity index (χ1v) is 9.58. The van der Waals surface area contributed by atoms with Crippen LogP contribution >= 0.6 is 11.6 Å². The van der Waals surface area contributed by atoms with E-state index in [0.29, 0.717) is 23.4 Å². The highest BCUT2D eigenvalue weighted by molar-refractivity contribution is 6.31. The molecule has 1 aromatic carbocycles. The van der Waals surface area contributed by atoms with Crippen molar-refractivity contribution in [2.75, 3.05) is 25.0 Å². The predicted molar refractivity (Wildman–Crippen MR) is 99.5 cm³/mol. The molecule has 0 unspecified atom stereocenters. The minimum atomic E-state index is -0.0165. The Kier molecular flexibility index (Phi) is 4.96. The average Bonchev–Trinajstić information content (AvgIpc) is 3.36. The summed E-state index contributed by atoms with van der Waals surface area (Å²) in [5.41, 5.74) is 1.73. The molecule has 1 saturated carbocycles. The maximum atomic E-state index is 12.3. The Labute approximate surface area is 157 Å². The van der Waals surface area contributed by atoms with Crippen LogP contribution in [-0.2, 0) is 4.79 Å². The quantitative estimate of drug-likeness (QED) is 0.863. The molecule has 7 heteroatoms. The Balaban J connectivity index is 1.26. The van der Waals surface area contributed by atoms with Crippen LogP contribution in [0.2, 0.25) is 5.02 Å². The molecule has 1 aromatic heterocycles. The summed E-state index contributed by atoms with van der Waals surface area (Å²) < 4.78 is 5.83. The lowest BCUT2D eigenvalue weighted by molar-refractivity contribution is -0.117. The number of nitrogens with zero attached hydrogens (tertiary/aromatic N) is 3. The number of likely N-dealkylation sites (tertiary alicyclic amines) is 1. The Morgan fingerprint density at radius 1 is 1.19 bits per heavy atom. The van der Waals surface area contributed by atoms with E-state index in [2.05, 4.69) is 20.4 Å². The van der Waals surface area contributed by atoms with Crippen LogP contribution in [0.3, 0.4) is 0 Å². The summed E-state index contributed by atoms with van der Waals surface area (Å²) in [6.45, 7) is 4.03. The number of halogens is 1. The van der Waals surface area contributed by atoms with Crippen molar-refractivity contribution in [2.24, 2.45) is 0 Å². The Morgan fingerprint density at radius 3 is 2.46 bits per heavy atom. The molecular weight excluding hydrogens is 352 g/mol. The number of carbonyl (C=O) groups is 1. The van der Waals surface area contributed by atoms with Gasteiger partial charge >= 0.3 is 0 Å². The van der Waals surface area contributed by atoms with Crippen molar-refractivity contribution in [1.82, 2.24) is 15.1 Å². The molecule has 26 heavy (non-hydrogen) atoms. The SMILES string of the molecule is Cc1ccc(NC(=O)CN2CCC(c3nnc(C4CC4)o3)CC2)cc1Cl. The third kappa shape index (κ3) is 4.07. The summed E-state index contributed by atoms with van der Waals surface area (Å²) in [6.07, 6.45) is 4.22. The van der Waals surface area contributed by atoms with Crippen LogP contribution < -0.4 is 5.32 Å². The van der Waals surface area contributed by atoms with Gasteiger partial charge in [-0.25, -0.2) is 0 Å². The van der Waals surface area contributed by atoms with Crippen LogP contribution in [0, 0.1) is 6.92 Å². The van der Waals surface area contributed by atoms with Crippen molar-refractivity contribution in [3.05, 3.63) is 40.6 Å². The molecule has 2 heterocycles. The smallest absolute Gasteiger partial charge is 0.238 e. The number of aryl methyl sites for hydroxylation is 1. The summed E-state index contributed by atoms with van der Waals surface area (Å²) in [7, 11) is 0. The number of hydrogen-bond donors (Lipinski definition) is 1. The molecule has 4 rings (SSSR count). The number of carbonyl (C=O) groups excluding carboxylic acids is 1. The molecule has 1 saturated heterocycles. The van der Waals surface area contributed by atoms with Gasteiger partial charge in [-0.15, -0.1) is 10.2 Å². The van der Waals surface area contributed by atoms with Crippen molar-refractivity contribution in [3.8, 4) is 0 Å². The van der Waals surface area contributed by atoms with Gasteiger partial charge in [-0.05, 0) is 63.4 Å². The fourth-order valence-corrected chi connectivity index (χ4v) is 3.50. The molecule has 2 fully saturated rings. The summed E-state index contributed by atoms with van der Waals surface area (Å²) in [5.74, 6) is 2.36. The number of rotatable bonds is 5. The van der Waals surface area contributed by atoms with Gasteiger partial charge in [0.25, 0.3) is 0 Å². The van der Waals surface area contributed by atoms with Crippen molar-refractivity contribution < 1.29 is 9.21 Å². The summed E-state index contributed by atoms with van der Waals surface area (Å²) in [4.78, 5) is 14.4. The fraction of sp³-hybridized carbons (Fsp3) is 0.526. The van der Waals surface area contributed by atoms with E-state index in [-0.39, 0.29) is 5.91 Å². The van der Waals surface area contributed by atoms with Crippen molar-refractivity contribution in [1.29, 1.82) is 0 Å². The normalized spacial score (nSPS) is 18.8. The molecule has 1 aliphatic heterocycles. The Hall–Kier alpha value is -1.92. The number of amides is 1. The first-order chi connectivity index (χ1) is 12.6. The van der Waals surface area contributed by atoms with Crippen LogP contribution in [0.15, 0.2) is 22.6 Å². The van der Waals surface area contributed by atoms with Crippen LogP contribution in [0.4, 0.5) is 5.69 Å². The largest absolute Gasteiger partial charge is 0.425 e. The standard InChI is InChI=1S/C19H23ClN4O2/c1-12-2-5-15(10-16(12)20)21-17(25)11-24-8-6-14(7-9-24)19-23-22-18(26-19)13-3-4-13/h2,5,10,13-14H,3-4,6-9,11H2,1H3,(H,21,25). The van der Waals surface area contributed by atoms with Crippen molar-refractivity contribution in [2.45, 2.75) is 44.4 Å². The van der Waals surface area contributed by atoms with Gasteiger partial charge in [-0.3, -0.25) is 9.69 Å². The van der Waals surface area contributed by atoms with E-state index in [0.717, 1.165) is 49.0 Å². The zero-order valence-corrected chi connectivity index (χ0v) is 15.6.